The van der Waals surface area contributed by atoms with E-state index in [0.29, 0.717) is 0 Å². The topological polar surface area (TPSA) is 24.9 Å². The molecule has 0 amide bonds. The van der Waals surface area contributed by atoms with Crippen molar-refractivity contribution >= 4 is 27.3 Å². The fourth-order valence-corrected chi connectivity index (χ4v) is 3.02. The second-order valence-electron chi connectivity index (χ2n) is 3.88. The number of nitrogens with zero attached hydrogens (tertiary/aromatic N) is 1. The van der Waals surface area contributed by atoms with Gasteiger partial charge in [0.05, 0.1) is 5.01 Å². The SMILES string of the molecule is CNCCc1cnc(Cc2cccc(Br)c2)s1. The molecule has 1 aromatic heterocycles. The van der Waals surface area contributed by atoms with Crippen molar-refractivity contribution in [3.63, 3.8) is 0 Å². The zero-order valence-electron chi connectivity index (χ0n) is 9.74. The van der Waals surface area contributed by atoms with Gasteiger partial charge in [-0.15, -0.1) is 11.3 Å². The van der Waals surface area contributed by atoms with Crippen LogP contribution in [0.15, 0.2) is 34.9 Å². The van der Waals surface area contributed by atoms with E-state index >= 15 is 0 Å². The van der Waals surface area contributed by atoms with Crippen LogP contribution in [0.1, 0.15) is 15.4 Å². The lowest BCUT2D eigenvalue weighted by Crippen LogP contribution is -2.09. The second kappa shape index (κ2) is 6.28. The summed E-state index contributed by atoms with van der Waals surface area (Å²) in [6.45, 7) is 1.01. The molecule has 2 aromatic rings. The molecule has 0 fully saturated rings. The molecule has 0 spiro atoms. The molecule has 17 heavy (non-hydrogen) atoms. The van der Waals surface area contributed by atoms with Gasteiger partial charge in [0.25, 0.3) is 0 Å². The number of likely N-dealkylation sites (N-methyl/N-ethyl adjacent to an activating group) is 1. The third-order valence-electron chi connectivity index (χ3n) is 2.47. The molecule has 0 radical (unpaired) electrons. The van der Waals surface area contributed by atoms with Crippen molar-refractivity contribution in [1.29, 1.82) is 0 Å². The number of thiazole rings is 1. The van der Waals surface area contributed by atoms with Gasteiger partial charge in [0.1, 0.15) is 0 Å². The van der Waals surface area contributed by atoms with Crippen LogP contribution in [0, 0.1) is 0 Å². The highest BCUT2D eigenvalue weighted by molar-refractivity contribution is 9.10. The summed E-state index contributed by atoms with van der Waals surface area (Å²) in [5.41, 5.74) is 1.30. The van der Waals surface area contributed by atoms with E-state index in [1.165, 1.54) is 15.4 Å². The van der Waals surface area contributed by atoms with Crippen molar-refractivity contribution in [3.05, 3.63) is 50.4 Å². The van der Waals surface area contributed by atoms with Crippen molar-refractivity contribution in [2.45, 2.75) is 12.8 Å². The van der Waals surface area contributed by atoms with Crippen LogP contribution in [0.2, 0.25) is 0 Å². The van der Waals surface area contributed by atoms with Gasteiger partial charge in [0.2, 0.25) is 0 Å². The predicted octanol–water partition coefficient (Wildman–Crippen LogP) is 3.26. The van der Waals surface area contributed by atoms with Crippen molar-refractivity contribution in [1.82, 2.24) is 10.3 Å². The van der Waals surface area contributed by atoms with Crippen LogP contribution in [0.4, 0.5) is 0 Å². The Morgan fingerprint density at radius 1 is 1.41 bits per heavy atom. The first kappa shape index (κ1) is 12.7. The summed E-state index contributed by atoms with van der Waals surface area (Å²) in [6, 6.07) is 8.40. The molecule has 1 N–H and O–H groups in total. The number of hydrogen-bond donors (Lipinski definition) is 1. The van der Waals surface area contributed by atoms with E-state index in [1.54, 1.807) is 0 Å². The Kier molecular flexibility index (Phi) is 4.71. The number of nitrogens with one attached hydrogen (secondary N) is 1. The molecule has 2 nitrogen and oxygen atoms in total. The van der Waals surface area contributed by atoms with Crippen molar-refractivity contribution in [3.8, 4) is 0 Å². The van der Waals surface area contributed by atoms with Crippen molar-refractivity contribution in [2.75, 3.05) is 13.6 Å². The molecule has 1 aromatic carbocycles. The van der Waals surface area contributed by atoms with E-state index in [4.69, 9.17) is 0 Å². The summed E-state index contributed by atoms with van der Waals surface area (Å²) in [5, 5.41) is 4.34. The molecule has 0 aliphatic rings. The Morgan fingerprint density at radius 3 is 3.06 bits per heavy atom. The van der Waals surface area contributed by atoms with Crippen LogP contribution >= 0.6 is 27.3 Å². The first-order valence-corrected chi connectivity index (χ1v) is 7.21. The normalized spacial score (nSPS) is 10.7. The minimum absolute atomic E-state index is 0.920. The fourth-order valence-electron chi connectivity index (χ4n) is 1.62. The van der Waals surface area contributed by atoms with E-state index in [-0.39, 0.29) is 0 Å². The molecular weight excluding hydrogens is 296 g/mol. The Labute approximate surface area is 114 Å². The first-order valence-electron chi connectivity index (χ1n) is 5.60. The highest BCUT2D eigenvalue weighted by Gasteiger charge is 2.03. The van der Waals surface area contributed by atoms with E-state index in [9.17, 15) is 0 Å². The number of hydrogen-bond acceptors (Lipinski definition) is 3. The average molecular weight is 311 g/mol. The van der Waals surface area contributed by atoms with Crippen molar-refractivity contribution in [2.24, 2.45) is 0 Å². The third-order valence-corrected chi connectivity index (χ3v) is 4.02. The largest absolute Gasteiger partial charge is 0.319 e. The van der Waals surface area contributed by atoms with Gasteiger partial charge >= 0.3 is 0 Å². The van der Waals surface area contributed by atoms with Crippen LogP contribution in [-0.2, 0) is 12.8 Å². The van der Waals surface area contributed by atoms with E-state index in [1.807, 2.05) is 30.6 Å². The molecule has 0 atom stereocenters. The van der Waals surface area contributed by atoms with Crippen LogP contribution in [0.5, 0.6) is 0 Å². The summed E-state index contributed by atoms with van der Waals surface area (Å²) in [4.78, 5) is 5.82. The molecule has 0 saturated heterocycles. The highest BCUT2D eigenvalue weighted by atomic mass is 79.9. The Bertz CT molecular complexity index is 482. The van der Waals surface area contributed by atoms with Gasteiger partial charge in [-0.2, -0.15) is 0 Å². The second-order valence-corrected chi connectivity index (χ2v) is 6.00. The maximum absolute atomic E-state index is 4.47. The first-order chi connectivity index (χ1) is 8.28. The quantitative estimate of drug-likeness (QED) is 0.917. The number of aromatic nitrogens is 1. The molecule has 0 aliphatic carbocycles. The average Bonchev–Trinajstić information content (AvgIpc) is 2.74. The summed E-state index contributed by atoms with van der Waals surface area (Å²) in [5.74, 6) is 0. The van der Waals surface area contributed by atoms with Gasteiger partial charge in [-0.1, -0.05) is 28.1 Å². The monoisotopic (exact) mass is 310 g/mol. The lowest BCUT2D eigenvalue weighted by atomic mass is 10.2. The fraction of sp³-hybridized carbons (Fsp3) is 0.308. The third kappa shape index (κ3) is 3.91. The molecule has 1 heterocycles. The van der Waals surface area contributed by atoms with Crippen LogP contribution in [-0.4, -0.2) is 18.6 Å². The van der Waals surface area contributed by atoms with Gasteiger partial charge in [-0.25, -0.2) is 4.98 Å². The molecule has 0 aliphatic heterocycles. The molecule has 0 bridgehead atoms. The number of rotatable bonds is 5. The minimum Gasteiger partial charge on any atom is -0.319 e. The minimum atomic E-state index is 0.920. The molecule has 2 rings (SSSR count). The lowest BCUT2D eigenvalue weighted by Gasteiger charge is -1.98. The zero-order valence-corrected chi connectivity index (χ0v) is 12.1. The lowest BCUT2D eigenvalue weighted by molar-refractivity contribution is 0.798. The maximum Gasteiger partial charge on any atom is 0.0971 e. The Hall–Kier alpha value is -0.710. The maximum atomic E-state index is 4.47. The molecule has 4 heteroatoms. The summed E-state index contributed by atoms with van der Waals surface area (Å²) in [7, 11) is 1.98. The Balaban J connectivity index is 2.01. The predicted molar refractivity (Wildman–Crippen MR) is 76.7 cm³/mol. The number of halogens is 1. The van der Waals surface area contributed by atoms with Crippen LogP contribution in [0.3, 0.4) is 0 Å². The van der Waals surface area contributed by atoms with Crippen molar-refractivity contribution < 1.29 is 0 Å². The van der Waals surface area contributed by atoms with Gasteiger partial charge in [-0.05, 0) is 37.7 Å². The summed E-state index contributed by atoms with van der Waals surface area (Å²) < 4.78 is 1.13. The van der Waals surface area contributed by atoms with E-state index < -0.39 is 0 Å². The van der Waals surface area contributed by atoms with Crippen LogP contribution in [0.25, 0.3) is 0 Å². The van der Waals surface area contributed by atoms with Gasteiger partial charge in [-0.3, -0.25) is 0 Å². The van der Waals surface area contributed by atoms with Crippen LogP contribution < -0.4 is 5.32 Å². The smallest absolute Gasteiger partial charge is 0.0971 e. The molecular formula is C13H15BrN2S. The highest BCUT2D eigenvalue weighted by Crippen LogP contribution is 2.19. The van der Waals surface area contributed by atoms with E-state index in [0.717, 1.165) is 23.9 Å². The molecule has 0 saturated carbocycles. The zero-order chi connectivity index (χ0) is 12.1. The number of benzene rings is 1. The van der Waals surface area contributed by atoms with E-state index in [2.05, 4.69) is 44.4 Å². The molecule has 0 unspecified atom stereocenters. The van der Waals surface area contributed by atoms with Gasteiger partial charge in [0, 0.05) is 22.0 Å². The van der Waals surface area contributed by atoms with Gasteiger partial charge < -0.3 is 5.32 Å². The Morgan fingerprint density at radius 2 is 2.29 bits per heavy atom. The molecule has 90 valence electrons. The van der Waals surface area contributed by atoms with Gasteiger partial charge in [0.15, 0.2) is 0 Å². The summed E-state index contributed by atoms with van der Waals surface area (Å²) >= 11 is 5.30. The summed E-state index contributed by atoms with van der Waals surface area (Å²) in [6.07, 6.45) is 3.98. The standard InChI is InChI=1S/C13H15BrN2S/c1-15-6-5-12-9-16-13(17-12)8-10-3-2-4-11(14)7-10/h2-4,7,9,15H,5-6,8H2,1H3.